The second-order valence-corrected chi connectivity index (χ2v) is 16.1. The molecule has 0 N–H and O–H groups in total. The van der Waals surface area contributed by atoms with Crippen LogP contribution in [-0.2, 0) is 0 Å². The highest BCUT2D eigenvalue weighted by molar-refractivity contribution is 6.14. The van der Waals surface area contributed by atoms with E-state index in [9.17, 15) is 0 Å². The highest BCUT2D eigenvalue weighted by Crippen LogP contribution is 2.42. The third-order valence-electron chi connectivity index (χ3n) is 12.4. The van der Waals surface area contributed by atoms with Crippen molar-refractivity contribution < 1.29 is 8.83 Å². The van der Waals surface area contributed by atoms with Crippen LogP contribution in [0.15, 0.2) is 221 Å². The number of furan rings is 2. The summed E-state index contributed by atoms with van der Waals surface area (Å²) in [6, 6.07) is 74.4. The van der Waals surface area contributed by atoms with E-state index in [2.05, 4.69) is 168 Å². The Morgan fingerprint density at radius 3 is 1.75 bits per heavy atom. The van der Waals surface area contributed by atoms with E-state index in [4.69, 9.17) is 18.8 Å². The van der Waals surface area contributed by atoms with Gasteiger partial charge in [-0.2, -0.15) is 0 Å². The number of fused-ring (bicyclic) bond motifs is 9. The summed E-state index contributed by atoms with van der Waals surface area (Å²) in [4.78, 5) is 10.5. The Bertz CT molecular complexity index is 3910. The predicted molar refractivity (Wildman–Crippen MR) is 258 cm³/mol. The number of nitrogens with zero attached hydrogens (tertiary/aromatic N) is 3. The molecule has 0 aliphatic carbocycles. The summed E-state index contributed by atoms with van der Waals surface area (Å²) < 4.78 is 15.3. The van der Waals surface area contributed by atoms with Gasteiger partial charge in [0.2, 0.25) is 0 Å². The summed E-state index contributed by atoms with van der Waals surface area (Å²) in [5, 5.41) is 6.65. The van der Waals surface area contributed by atoms with E-state index in [1.54, 1.807) is 0 Å². The standard InChI is InChI=1S/C58H35N3O2/c1-3-14-36(15-4-1)49-35-50(60-58(59-49)39-26-29-45-44-21-10-12-24-53(44)63-56(45)34-39)46-22-13-25-55-57(46)48-33-38(28-31-54(48)62-55)42-19-8-7-18-41(42)37-27-30-52-47(32-37)43-20-9-11-23-51(43)61(52)40-16-5-2-6-17-40/h1-35H. The number of para-hydroxylation sites is 3. The van der Waals surface area contributed by atoms with Gasteiger partial charge in [0.1, 0.15) is 22.3 Å². The van der Waals surface area contributed by atoms with Gasteiger partial charge >= 0.3 is 0 Å². The number of benzene rings is 9. The third kappa shape index (κ3) is 5.71. The molecule has 0 radical (unpaired) electrons. The maximum absolute atomic E-state index is 6.60. The number of rotatable bonds is 6. The molecule has 0 saturated carbocycles. The van der Waals surface area contributed by atoms with Gasteiger partial charge in [-0.15, -0.1) is 0 Å². The fraction of sp³-hybridized carbons (Fsp3) is 0. The minimum absolute atomic E-state index is 0.622. The van der Waals surface area contributed by atoms with Crippen molar-refractivity contribution in [1.29, 1.82) is 0 Å². The second-order valence-electron chi connectivity index (χ2n) is 16.1. The number of hydrogen-bond acceptors (Lipinski definition) is 4. The maximum atomic E-state index is 6.60. The molecule has 13 aromatic rings. The molecule has 4 aromatic heterocycles. The molecule has 0 bridgehead atoms. The van der Waals surface area contributed by atoms with Gasteiger partial charge in [-0.3, -0.25) is 0 Å². The fourth-order valence-electron chi connectivity index (χ4n) is 9.53. The Morgan fingerprint density at radius 2 is 0.905 bits per heavy atom. The molecule has 0 aliphatic rings. The Balaban J connectivity index is 0.966. The van der Waals surface area contributed by atoms with Gasteiger partial charge in [0.15, 0.2) is 5.82 Å². The summed E-state index contributed by atoms with van der Waals surface area (Å²) in [5.74, 6) is 0.622. The van der Waals surface area contributed by atoms with E-state index in [0.717, 1.165) is 99.9 Å². The first kappa shape index (κ1) is 35.2. The molecule has 9 aromatic carbocycles. The molecule has 0 aliphatic heterocycles. The molecule has 0 amide bonds. The van der Waals surface area contributed by atoms with Crippen molar-refractivity contribution in [1.82, 2.24) is 14.5 Å². The van der Waals surface area contributed by atoms with Crippen LogP contribution in [0.25, 0.3) is 128 Å². The molecule has 0 spiro atoms. The second kappa shape index (κ2) is 14.0. The van der Waals surface area contributed by atoms with Crippen LogP contribution in [0.2, 0.25) is 0 Å². The fourth-order valence-corrected chi connectivity index (χ4v) is 9.53. The van der Waals surface area contributed by atoms with Gasteiger partial charge in [-0.1, -0.05) is 140 Å². The lowest BCUT2D eigenvalue weighted by molar-refractivity contribution is 0.668. The normalized spacial score (nSPS) is 11.8. The van der Waals surface area contributed by atoms with Gasteiger partial charge in [-0.05, 0) is 95.1 Å². The van der Waals surface area contributed by atoms with Gasteiger partial charge < -0.3 is 13.4 Å². The predicted octanol–water partition coefficient (Wildman–Crippen LogP) is 15.7. The summed E-state index contributed by atoms with van der Waals surface area (Å²) in [7, 11) is 0. The SMILES string of the molecule is c1ccc(-c2cc(-c3cccc4oc5ccc(-c6ccccc6-c6ccc7c(c6)c6ccccc6n7-c6ccccc6)cc5c34)nc(-c3ccc4c(c3)oc3ccccc34)n2)cc1. The van der Waals surface area contributed by atoms with Crippen LogP contribution < -0.4 is 0 Å². The van der Waals surface area contributed by atoms with Crippen molar-refractivity contribution in [2.24, 2.45) is 0 Å². The number of aromatic nitrogens is 3. The zero-order valence-electron chi connectivity index (χ0n) is 33.9. The molecule has 5 heteroatoms. The van der Waals surface area contributed by atoms with Crippen LogP contribution in [-0.4, -0.2) is 14.5 Å². The van der Waals surface area contributed by atoms with Crippen molar-refractivity contribution in [2.75, 3.05) is 0 Å². The largest absolute Gasteiger partial charge is 0.456 e. The molecule has 0 unspecified atom stereocenters. The quantitative estimate of drug-likeness (QED) is 0.168. The Morgan fingerprint density at radius 1 is 0.317 bits per heavy atom. The van der Waals surface area contributed by atoms with E-state index in [0.29, 0.717) is 5.82 Å². The highest BCUT2D eigenvalue weighted by Gasteiger charge is 2.20. The van der Waals surface area contributed by atoms with E-state index < -0.39 is 0 Å². The number of hydrogen-bond donors (Lipinski definition) is 0. The molecule has 13 rings (SSSR count). The van der Waals surface area contributed by atoms with Crippen molar-refractivity contribution in [3.63, 3.8) is 0 Å². The smallest absolute Gasteiger partial charge is 0.160 e. The van der Waals surface area contributed by atoms with Gasteiger partial charge in [0.05, 0.1) is 22.4 Å². The molecule has 5 nitrogen and oxygen atoms in total. The van der Waals surface area contributed by atoms with Crippen LogP contribution in [0.1, 0.15) is 0 Å². The maximum Gasteiger partial charge on any atom is 0.160 e. The first-order valence-corrected chi connectivity index (χ1v) is 21.2. The van der Waals surface area contributed by atoms with Crippen LogP contribution in [0, 0.1) is 0 Å². The molecular formula is C58H35N3O2. The molecule has 294 valence electrons. The monoisotopic (exact) mass is 805 g/mol. The molecule has 0 saturated heterocycles. The summed E-state index contributed by atoms with van der Waals surface area (Å²) >= 11 is 0. The Hall–Kier alpha value is -8.54. The Kier molecular flexibility index (Phi) is 7.84. The first-order chi connectivity index (χ1) is 31.2. The van der Waals surface area contributed by atoms with E-state index in [-0.39, 0.29) is 0 Å². The zero-order chi connectivity index (χ0) is 41.4. The first-order valence-electron chi connectivity index (χ1n) is 21.2. The van der Waals surface area contributed by atoms with Crippen molar-refractivity contribution >= 4 is 65.7 Å². The lowest BCUT2D eigenvalue weighted by Gasteiger charge is -2.12. The van der Waals surface area contributed by atoms with E-state index >= 15 is 0 Å². The average Bonchev–Trinajstić information content (AvgIpc) is 4.03. The summed E-state index contributed by atoms with van der Waals surface area (Å²) in [5.41, 5.74) is 15.9. The van der Waals surface area contributed by atoms with Crippen molar-refractivity contribution in [3.8, 4) is 61.8 Å². The zero-order valence-corrected chi connectivity index (χ0v) is 33.9. The highest BCUT2D eigenvalue weighted by atomic mass is 16.3. The molecular weight excluding hydrogens is 771 g/mol. The minimum atomic E-state index is 0.622. The summed E-state index contributed by atoms with van der Waals surface area (Å²) in [6.07, 6.45) is 0. The van der Waals surface area contributed by atoms with Gasteiger partial charge in [-0.25, -0.2) is 9.97 Å². The summed E-state index contributed by atoms with van der Waals surface area (Å²) in [6.45, 7) is 0. The van der Waals surface area contributed by atoms with E-state index in [1.807, 2.05) is 48.5 Å². The van der Waals surface area contributed by atoms with Crippen LogP contribution in [0.3, 0.4) is 0 Å². The lowest BCUT2D eigenvalue weighted by atomic mass is 9.92. The van der Waals surface area contributed by atoms with Crippen LogP contribution in [0.4, 0.5) is 0 Å². The molecule has 63 heavy (non-hydrogen) atoms. The van der Waals surface area contributed by atoms with Crippen LogP contribution in [0.5, 0.6) is 0 Å². The Labute approximate surface area is 361 Å². The van der Waals surface area contributed by atoms with Gasteiger partial charge in [0.25, 0.3) is 0 Å². The van der Waals surface area contributed by atoms with Gasteiger partial charge in [0, 0.05) is 54.7 Å². The third-order valence-corrected chi connectivity index (χ3v) is 12.4. The lowest BCUT2D eigenvalue weighted by Crippen LogP contribution is -1.96. The molecule has 4 heterocycles. The topological polar surface area (TPSA) is 57.0 Å². The minimum Gasteiger partial charge on any atom is -0.456 e. The molecule has 0 fully saturated rings. The van der Waals surface area contributed by atoms with Crippen molar-refractivity contribution in [3.05, 3.63) is 212 Å². The average molecular weight is 806 g/mol. The van der Waals surface area contributed by atoms with Crippen LogP contribution >= 0.6 is 0 Å². The van der Waals surface area contributed by atoms with E-state index in [1.165, 1.54) is 21.8 Å². The van der Waals surface area contributed by atoms with Crippen molar-refractivity contribution in [2.45, 2.75) is 0 Å². The molecule has 0 atom stereocenters.